The van der Waals surface area contributed by atoms with Gasteiger partial charge in [0.15, 0.2) is 5.78 Å². The Kier molecular flexibility index (Phi) is 4.88. The van der Waals surface area contributed by atoms with Crippen molar-refractivity contribution in [3.63, 3.8) is 0 Å². The predicted molar refractivity (Wildman–Crippen MR) is 79.5 cm³/mol. The molecular formula is C16H15F3N2O2. The van der Waals surface area contributed by atoms with E-state index in [1.165, 1.54) is 35.9 Å². The van der Waals surface area contributed by atoms with E-state index in [1.54, 1.807) is 7.05 Å². The number of rotatable bonds is 5. The molecule has 0 saturated heterocycles. The normalized spacial score (nSPS) is 10.9. The average molecular weight is 324 g/mol. The molecule has 0 atom stereocenters. The van der Waals surface area contributed by atoms with Crippen LogP contribution in [0.5, 0.6) is 0 Å². The molecule has 2 rings (SSSR count). The van der Waals surface area contributed by atoms with Crippen molar-refractivity contribution >= 4 is 17.4 Å². The van der Waals surface area contributed by atoms with Gasteiger partial charge in [0, 0.05) is 24.5 Å². The first-order valence-corrected chi connectivity index (χ1v) is 6.82. The van der Waals surface area contributed by atoms with Crippen molar-refractivity contribution in [1.82, 2.24) is 4.57 Å². The van der Waals surface area contributed by atoms with Crippen LogP contribution in [0.4, 0.5) is 18.9 Å². The SMILES string of the molecule is CC(=O)c1cc(C(=O)N(CC(F)F)c2ccc(F)cc2)n(C)c1. The van der Waals surface area contributed by atoms with E-state index < -0.39 is 24.7 Å². The Hall–Kier alpha value is -2.57. The number of ketones is 1. The summed E-state index contributed by atoms with van der Waals surface area (Å²) >= 11 is 0. The number of carbonyl (C=O) groups is 2. The lowest BCUT2D eigenvalue weighted by Crippen LogP contribution is -2.36. The van der Waals surface area contributed by atoms with Crippen molar-refractivity contribution in [2.45, 2.75) is 13.3 Å². The summed E-state index contributed by atoms with van der Waals surface area (Å²) in [5.74, 6) is -1.45. The maximum Gasteiger partial charge on any atom is 0.275 e. The van der Waals surface area contributed by atoms with Crippen LogP contribution in [0.2, 0.25) is 0 Å². The van der Waals surface area contributed by atoms with Crippen LogP contribution in [-0.4, -0.2) is 29.2 Å². The first-order chi connectivity index (χ1) is 10.8. The molecule has 4 nitrogen and oxygen atoms in total. The molecule has 122 valence electrons. The summed E-state index contributed by atoms with van der Waals surface area (Å²) < 4.78 is 40.1. The molecule has 1 aromatic carbocycles. The van der Waals surface area contributed by atoms with E-state index in [9.17, 15) is 22.8 Å². The molecule has 1 amide bonds. The third kappa shape index (κ3) is 3.80. The van der Waals surface area contributed by atoms with Gasteiger partial charge >= 0.3 is 0 Å². The van der Waals surface area contributed by atoms with Crippen LogP contribution in [-0.2, 0) is 7.05 Å². The van der Waals surface area contributed by atoms with Gasteiger partial charge in [0.05, 0.1) is 6.54 Å². The third-order valence-electron chi connectivity index (χ3n) is 3.33. The van der Waals surface area contributed by atoms with Crippen LogP contribution >= 0.6 is 0 Å². The van der Waals surface area contributed by atoms with E-state index in [0.29, 0.717) is 5.56 Å². The average Bonchev–Trinajstić information content (AvgIpc) is 2.87. The molecule has 1 heterocycles. The van der Waals surface area contributed by atoms with Crippen LogP contribution < -0.4 is 4.90 Å². The number of alkyl halides is 2. The van der Waals surface area contributed by atoms with Gasteiger partial charge in [0.2, 0.25) is 0 Å². The second-order valence-corrected chi connectivity index (χ2v) is 5.06. The Bertz CT molecular complexity index is 723. The van der Waals surface area contributed by atoms with Gasteiger partial charge in [-0.2, -0.15) is 0 Å². The first-order valence-electron chi connectivity index (χ1n) is 6.82. The fourth-order valence-electron chi connectivity index (χ4n) is 2.17. The van der Waals surface area contributed by atoms with Gasteiger partial charge in [0.1, 0.15) is 11.5 Å². The molecule has 0 radical (unpaired) electrons. The number of anilines is 1. The molecule has 2 aromatic rings. The summed E-state index contributed by atoms with van der Waals surface area (Å²) in [6.07, 6.45) is -1.29. The molecule has 1 aromatic heterocycles. The number of halogens is 3. The number of benzene rings is 1. The highest BCUT2D eigenvalue weighted by Gasteiger charge is 2.24. The van der Waals surface area contributed by atoms with E-state index in [0.717, 1.165) is 17.0 Å². The molecule has 0 aliphatic heterocycles. The Balaban J connectivity index is 2.40. The molecule has 0 aliphatic carbocycles. The second-order valence-electron chi connectivity index (χ2n) is 5.06. The topological polar surface area (TPSA) is 42.3 Å². The number of hydrogen-bond acceptors (Lipinski definition) is 2. The molecule has 0 fully saturated rings. The smallest absolute Gasteiger partial charge is 0.275 e. The number of carbonyl (C=O) groups excluding carboxylic acids is 2. The van der Waals surface area contributed by atoms with Gasteiger partial charge in [0.25, 0.3) is 12.3 Å². The molecule has 0 N–H and O–H groups in total. The van der Waals surface area contributed by atoms with Gasteiger partial charge in [-0.25, -0.2) is 13.2 Å². The Labute approximate surface area is 131 Å². The summed E-state index contributed by atoms with van der Waals surface area (Å²) in [5, 5.41) is 0. The molecule has 0 bridgehead atoms. The maximum absolute atomic E-state index is 13.0. The number of nitrogens with zero attached hydrogens (tertiary/aromatic N) is 2. The molecule has 0 saturated carbocycles. The largest absolute Gasteiger partial charge is 0.346 e. The molecule has 0 unspecified atom stereocenters. The predicted octanol–water partition coefficient (Wildman–Crippen LogP) is 3.28. The lowest BCUT2D eigenvalue weighted by molar-refractivity contribution is 0.0938. The van der Waals surface area contributed by atoms with Gasteiger partial charge in [-0.3, -0.25) is 9.59 Å². The molecule has 7 heteroatoms. The van der Waals surface area contributed by atoms with Crippen molar-refractivity contribution in [3.05, 3.63) is 53.6 Å². The quantitative estimate of drug-likeness (QED) is 0.792. The lowest BCUT2D eigenvalue weighted by atomic mass is 10.2. The Morgan fingerprint density at radius 3 is 2.30 bits per heavy atom. The minimum atomic E-state index is -2.75. The van der Waals surface area contributed by atoms with E-state index in [4.69, 9.17) is 0 Å². The minimum Gasteiger partial charge on any atom is -0.346 e. The molecule has 23 heavy (non-hydrogen) atoms. The molecule has 0 spiro atoms. The summed E-state index contributed by atoms with van der Waals surface area (Å²) in [4.78, 5) is 24.8. The van der Waals surface area contributed by atoms with Crippen LogP contribution in [0, 0.1) is 5.82 Å². The van der Waals surface area contributed by atoms with Crippen LogP contribution in [0.25, 0.3) is 0 Å². The van der Waals surface area contributed by atoms with Gasteiger partial charge in [-0.1, -0.05) is 0 Å². The van der Waals surface area contributed by atoms with Crippen molar-refractivity contribution in [3.8, 4) is 0 Å². The van der Waals surface area contributed by atoms with Crippen molar-refractivity contribution in [1.29, 1.82) is 0 Å². The fourth-order valence-corrected chi connectivity index (χ4v) is 2.17. The number of hydrogen-bond donors (Lipinski definition) is 0. The Morgan fingerprint density at radius 2 is 1.83 bits per heavy atom. The zero-order chi connectivity index (χ0) is 17.1. The standard InChI is InChI=1S/C16H15F3N2O2/c1-10(22)11-7-14(20(2)8-11)16(23)21(9-15(18)19)13-5-3-12(17)4-6-13/h3-8,15H,9H2,1-2H3. The zero-order valence-corrected chi connectivity index (χ0v) is 12.6. The molecule has 0 aliphatic rings. The fraction of sp³-hybridized carbons (Fsp3) is 0.250. The van der Waals surface area contributed by atoms with Crippen molar-refractivity contribution in [2.75, 3.05) is 11.4 Å². The number of aryl methyl sites for hydroxylation is 1. The third-order valence-corrected chi connectivity index (χ3v) is 3.33. The number of Topliss-reactive ketones (excluding diaryl/α,β-unsaturated/α-hetero) is 1. The first kappa shape index (κ1) is 16.8. The van der Waals surface area contributed by atoms with Gasteiger partial charge in [-0.15, -0.1) is 0 Å². The zero-order valence-electron chi connectivity index (χ0n) is 12.6. The van der Waals surface area contributed by atoms with Crippen molar-refractivity contribution in [2.24, 2.45) is 7.05 Å². The van der Waals surface area contributed by atoms with Gasteiger partial charge < -0.3 is 9.47 Å². The maximum atomic E-state index is 13.0. The number of amides is 1. The van der Waals surface area contributed by atoms with E-state index in [2.05, 4.69) is 0 Å². The summed E-state index contributed by atoms with van der Waals surface area (Å²) in [5.41, 5.74) is 0.564. The van der Waals surface area contributed by atoms with Gasteiger partial charge in [-0.05, 0) is 37.3 Å². The van der Waals surface area contributed by atoms with Crippen LogP contribution in [0.3, 0.4) is 0 Å². The minimum absolute atomic E-state index is 0.0974. The lowest BCUT2D eigenvalue weighted by Gasteiger charge is -2.22. The summed E-state index contributed by atoms with van der Waals surface area (Å²) in [7, 11) is 1.55. The highest BCUT2D eigenvalue weighted by atomic mass is 19.3. The molecular weight excluding hydrogens is 309 g/mol. The second kappa shape index (κ2) is 6.68. The van der Waals surface area contributed by atoms with E-state index >= 15 is 0 Å². The van der Waals surface area contributed by atoms with Crippen molar-refractivity contribution < 1.29 is 22.8 Å². The number of aromatic nitrogens is 1. The summed E-state index contributed by atoms with van der Waals surface area (Å²) in [6, 6.07) is 6.04. The summed E-state index contributed by atoms with van der Waals surface area (Å²) in [6.45, 7) is 0.519. The highest BCUT2D eigenvalue weighted by Crippen LogP contribution is 2.20. The Morgan fingerprint density at radius 1 is 1.22 bits per heavy atom. The monoisotopic (exact) mass is 324 g/mol. The van der Waals surface area contributed by atoms with E-state index in [1.807, 2.05) is 0 Å². The van der Waals surface area contributed by atoms with Crippen LogP contribution in [0.15, 0.2) is 36.5 Å². The highest BCUT2D eigenvalue weighted by molar-refractivity contribution is 6.07. The van der Waals surface area contributed by atoms with Crippen LogP contribution in [0.1, 0.15) is 27.8 Å². The van der Waals surface area contributed by atoms with E-state index in [-0.39, 0.29) is 17.2 Å².